The first-order valence-electron chi connectivity index (χ1n) is 10.9. The van der Waals surface area contributed by atoms with E-state index in [0.29, 0.717) is 23.4 Å². The van der Waals surface area contributed by atoms with Crippen LogP contribution in [0.15, 0.2) is 60.9 Å². The number of hydrogen-bond donors (Lipinski definition) is 2. The molecule has 170 valence electrons. The maximum absolute atomic E-state index is 12.5. The van der Waals surface area contributed by atoms with Crippen molar-refractivity contribution in [3.63, 3.8) is 0 Å². The topological polar surface area (TPSA) is 87.2 Å². The van der Waals surface area contributed by atoms with E-state index in [0.717, 1.165) is 16.7 Å². The quantitative estimate of drug-likeness (QED) is 0.464. The van der Waals surface area contributed by atoms with Gasteiger partial charge in [-0.3, -0.25) is 9.59 Å². The molecule has 4 rings (SSSR count). The van der Waals surface area contributed by atoms with E-state index in [1.165, 1.54) is 23.8 Å². The second-order valence-corrected chi connectivity index (χ2v) is 9.42. The molecule has 33 heavy (non-hydrogen) atoms. The number of pyridine rings is 1. The van der Waals surface area contributed by atoms with Crippen LogP contribution in [-0.4, -0.2) is 47.3 Å². The molecule has 1 aromatic carbocycles. The first-order chi connectivity index (χ1) is 16.0. The van der Waals surface area contributed by atoms with E-state index in [1.54, 1.807) is 29.7 Å². The third-order valence-electron chi connectivity index (χ3n) is 5.13. The average Bonchev–Trinajstić information content (AvgIpc) is 3.53. The summed E-state index contributed by atoms with van der Waals surface area (Å²) in [7, 11) is 3.88. The first-order valence-corrected chi connectivity index (χ1v) is 11.7. The van der Waals surface area contributed by atoms with Gasteiger partial charge in [0.1, 0.15) is 5.82 Å². The lowest BCUT2D eigenvalue weighted by Crippen LogP contribution is -2.14. The molecule has 2 N–H and O–H groups in total. The van der Waals surface area contributed by atoms with Crippen molar-refractivity contribution in [3.05, 3.63) is 71.4 Å². The van der Waals surface area contributed by atoms with Gasteiger partial charge in [0.25, 0.3) is 0 Å². The minimum absolute atomic E-state index is 0.0812. The second kappa shape index (κ2) is 10.5. The summed E-state index contributed by atoms with van der Waals surface area (Å²) in [5, 5.41) is 6.32. The van der Waals surface area contributed by atoms with Gasteiger partial charge in [0, 0.05) is 35.5 Å². The molecule has 8 heteroatoms. The van der Waals surface area contributed by atoms with Crippen LogP contribution in [0.25, 0.3) is 11.1 Å². The Balaban J connectivity index is 1.34. The van der Waals surface area contributed by atoms with Gasteiger partial charge in [0.15, 0.2) is 5.13 Å². The molecule has 1 saturated carbocycles. The Morgan fingerprint density at radius 2 is 1.94 bits per heavy atom. The molecule has 0 bridgehead atoms. The van der Waals surface area contributed by atoms with E-state index in [1.807, 2.05) is 55.5 Å². The number of hydrogen-bond acceptors (Lipinski definition) is 6. The lowest BCUT2D eigenvalue weighted by atomic mass is 10.0. The van der Waals surface area contributed by atoms with Crippen molar-refractivity contribution in [3.8, 4) is 11.1 Å². The molecule has 1 aliphatic carbocycles. The van der Waals surface area contributed by atoms with Crippen LogP contribution < -0.4 is 10.6 Å². The third-order valence-corrected chi connectivity index (χ3v) is 6.20. The van der Waals surface area contributed by atoms with Crippen LogP contribution in [0, 0.1) is 0 Å². The number of carbonyl (C=O) groups is 2. The highest BCUT2D eigenvalue weighted by Crippen LogP contribution is 2.43. The smallest absolute Gasteiger partial charge is 0.249 e. The van der Waals surface area contributed by atoms with Crippen molar-refractivity contribution >= 4 is 34.1 Å². The standard InChI is InChI=1S/C25H27N5O2S/c1-30(2)12-4-7-23(31)28-22-11-10-20(15-26-22)19-6-3-5-17(13-19)14-24(32)29-25-27-16-21(33-25)18-8-9-18/h3-7,10-11,13,15-16,18H,8-9,12,14H2,1-2H3,(H,26,28,31)(H,27,29,32)/b7-4+. The fourth-order valence-corrected chi connectivity index (χ4v) is 4.29. The molecule has 1 fully saturated rings. The largest absolute Gasteiger partial charge is 0.307 e. The molecular formula is C25H27N5O2S. The Bertz CT molecular complexity index is 1150. The van der Waals surface area contributed by atoms with Crippen molar-refractivity contribution < 1.29 is 9.59 Å². The molecular weight excluding hydrogens is 434 g/mol. The molecule has 0 unspecified atom stereocenters. The Morgan fingerprint density at radius 3 is 2.67 bits per heavy atom. The molecule has 2 heterocycles. The van der Waals surface area contributed by atoms with Crippen LogP contribution in [0.5, 0.6) is 0 Å². The van der Waals surface area contributed by atoms with E-state index in [4.69, 9.17) is 0 Å². The van der Waals surface area contributed by atoms with Gasteiger partial charge in [0.05, 0.1) is 6.42 Å². The third kappa shape index (κ3) is 6.81. The number of anilines is 2. The van der Waals surface area contributed by atoms with Gasteiger partial charge in [-0.15, -0.1) is 11.3 Å². The van der Waals surface area contributed by atoms with Gasteiger partial charge in [-0.05, 0) is 56.1 Å². The van der Waals surface area contributed by atoms with Gasteiger partial charge < -0.3 is 15.5 Å². The molecule has 0 atom stereocenters. The van der Waals surface area contributed by atoms with Crippen LogP contribution in [0.3, 0.4) is 0 Å². The summed E-state index contributed by atoms with van der Waals surface area (Å²) in [4.78, 5) is 36.3. The van der Waals surface area contributed by atoms with Crippen molar-refractivity contribution in [1.82, 2.24) is 14.9 Å². The summed E-state index contributed by atoms with van der Waals surface area (Å²) < 4.78 is 0. The maximum atomic E-state index is 12.5. The summed E-state index contributed by atoms with van der Waals surface area (Å²) >= 11 is 1.57. The zero-order valence-electron chi connectivity index (χ0n) is 18.7. The number of aromatic nitrogens is 2. The van der Waals surface area contributed by atoms with Gasteiger partial charge in [-0.2, -0.15) is 0 Å². The molecule has 7 nitrogen and oxygen atoms in total. The van der Waals surface area contributed by atoms with Crippen molar-refractivity contribution in [2.45, 2.75) is 25.2 Å². The molecule has 0 radical (unpaired) electrons. The number of rotatable bonds is 9. The van der Waals surface area contributed by atoms with Gasteiger partial charge in [-0.1, -0.05) is 30.3 Å². The van der Waals surface area contributed by atoms with Gasteiger partial charge in [-0.25, -0.2) is 9.97 Å². The van der Waals surface area contributed by atoms with Gasteiger partial charge >= 0.3 is 0 Å². The highest BCUT2D eigenvalue weighted by atomic mass is 32.1. The molecule has 0 aliphatic heterocycles. The fourth-order valence-electron chi connectivity index (χ4n) is 3.29. The van der Waals surface area contributed by atoms with E-state index in [2.05, 4.69) is 20.6 Å². The van der Waals surface area contributed by atoms with E-state index in [9.17, 15) is 9.59 Å². The molecule has 0 spiro atoms. The first kappa shape index (κ1) is 22.8. The predicted octanol–water partition coefficient (Wildman–Crippen LogP) is 4.32. The van der Waals surface area contributed by atoms with E-state index < -0.39 is 0 Å². The highest BCUT2D eigenvalue weighted by molar-refractivity contribution is 7.15. The number of likely N-dealkylation sites (N-methyl/N-ethyl adjacent to an activating group) is 1. The predicted molar refractivity (Wildman–Crippen MR) is 132 cm³/mol. The minimum Gasteiger partial charge on any atom is -0.307 e. The van der Waals surface area contributed by atoms with Crippen molar-refractivity contribution in [2.24, 2.45) is 0 Å². The molecule has 3 aromatic rings. The number of benzene rings is 1. The monoisotopic (exact) mass is 461 g/mol. The molecule has 2 aromatic heterocycles. The molecule has 0 saturated heterocycles. The fraction of sp³-hybridized carbons (Fsp3) is 0.280. The molecule has 1 aliphatic rings. The minimum atomic E-state index is -0.213. The highest BCUT2D eigenvalue weighted by Gasteiger charge is 2.25. The summed E-state index contributed by atoms with van der Waals surface area (Å²) in [5.74, 6) is 0.831. The number of amides is 2. The maximum Gasteiger partial charge on any atom is 0.249 e. The lowest BCUT2D eigenvalue weighted by Gasteiger charge is -2.07. The van der Waals surface area contributed by atoms with Crippen LogP contribution >= 0.6 is 11.3 Å². The Labute approximate surface area is 197 Å². The number of thiazole rings is 1. The summed E-state index contributed by atoms with van der Waals surface area (Å²) in [6.07, 6.45) is 9.60. The number of nitrogens with one attached hydrogen (secondary N) is 2. The average molecular weight is 462 g/mol. The van der Waals surface area contributed by atoms with Crippen LogP contribution in [-0.2, 0) is 16.0 Å². The number of nitrogens with zero attached hydrogens (tertiary/aromatic N) is 3. The summed E-state index contributed by atoms with van der Waals surface area (Å²) in [6.45, 7) is 0.694. The molecule has 2 amide bonds. The zero-order chi connectivity index (χ0) is 23.2. The second-order valence-electron chi connectivity index (χ2n) is 8.35. The zero-order valence-corrected chi connectivity index (χ0v) is 19.6. The van der Waals surface area contributed by atoms with Crippen LogP contribution in [0.2, 0.25) is 0 Å². The number of carbonyl (C=O) groups excluding carboxylic acids is 2. The van der Waals surface area contributed by atoms with E-state index >= 15 is 0 Å². The summed E-state index contributed by atoms with van der Waals surface area (Å²) in [5.41, 5.74) is 2.78. The summed E-state index contributed by atoms with van der Waals surface area (Å²) in [6, 6.07) is 11.5. The normalized spacial score (nSPS) is 13.4. The van der Waals surface area contributed by atoms with Crippen molar-refractivity contribution in [2.75, 3.05) is 31.3 Å². The SMILES string of the molecule is CN(C)C/C=C/C(=O)Nc1ccc(-c2cccc(CC(=O)Nc3ncc(C4CC4)s3)c2)cn1. The lowest BCUT2D eigenvalue weighted by molar-refractivity contribution is -0.115. The van der Waals surface area contributed by atoms with Gasteiger partial charge in [0.2, 0.25) is 11.8 Å². The van der Waals surface area contributed by atoms with Crippen LogP contribution in [0.4, 0.5) is 10.9 Å². The van der Waals surface area contributed by atoms with Crippen molar-refractivity contribution in [1.29, 1.82) is 0 Å². The Kier molecular flexibility index (Phi) is 7.26. The van der Waals surface area contributed by atoms with Crippen LogP contribution in [0.1, 0.15) is 29.2 Å². The Hall–Kier alpha value is -3.36. The Morgan fingerprint density at radius 1 is 1.09 bits per heavy atom. The van der Waals surface area contributed by atoms with E-state index in [-0.39, 0.29) is 18.2 Å².